The minimum atomic E-state index is -3.62. The molecule has 1 atom stereocenters. The molecule has 23 heavy (non-hydrogen) atoms. The van der Waals surface area contributed by atoms with Gasteiger partial charge in [0, 0.05) is 26.2 Å². The van der Waals surface area contributed by atoms with Crippen LogP contribution in [-0.2, 0) is 14.8 Å². The third kappa shape index (κ3) is 4.47. The zero-order valence-corrected chi connectivity index (χ0v) is 15.0. The number of carbonyl (C=O) groups is 1. The third-order valence-corrected chi connectivity index (χ3v) is 5.78. The second-order valence-electron chi connectivity index (χ2n) is 5.56. The van der Waals surface area contributed by atoms with Gasteiger partial charge in [-0.15, -0.1) is 12.4 Å². The lowest BCUT2D eigenvalue weighted by atomic mass is 9.99. The van der Waals surface area contributed by atoms with Gasteiger partial charge in [-0.25, -0.2) is 8.42 Å². The van der Waals surface area contributed by atoms with E-state index in [-0.39, 0.29) is 35.7 Å². The normalized spacial score (nSPS) is 19.2. The van der Waals surface area contributed by atoms with Gasteiger partial charge in [0.1, 0.15) is 16.4 Å². The Hall–Kier alpha value is -1.09. The molecule has 2 heterocycles. The van der Waals surface area contributed by atoms with Gasteiger partial charge in [-0.3, -0.25) is 4.79 Å². The van der Waals surface area contributed by atoms with E-state index >= 15 is 0 Å². The first-order valence-corrected chi connectivity index (χ1v) is 8.85. The topological polar surface area (TPSA) is 106 Å². The van der Waals surface area contributed by atoms with Gasteiger partial charge in [0.2, 0.25) is 15.9 Å². The van der Waals surface area contributed by atoms with Crippen LogP contribution in [0.25, 0.3) is 0 Å². The Balaban J connectivity index is 0.00000264. The van der Waals surface area contributed by atoms with Gasteiger partial charge in [-0.2, -0.15) is 4.31 Å². The quantitative estimate of drug-likeness (QED) is 0.802. The minimum absolute atomic E-state index is 0. The fourth-order valence-corrected chi connectivity index (χ4v) is 4.46. The van der Waals surface area contributed by atoms with Gasteiger partial charge >= 0.3 is 0 Å². The molecule has 0 radical (unpaired) electrons. The van der Waals surface area contributed by atoms with E-state index < -0.39 is 10.0 Å². The molecule has 132 valence electrons. The zero-order chi connectivity index (χ0) is 16.3. The molecule has 2 rings (SSSR count). The summed E-state index contributed by atoms with van der Waals surface area (Å²) in [6, 6.07) is 1.53. The van der Waals surface area contributed by atoms with Crippen molar-refractivity contribution in [2.75, 3.05) is 26.2 Å². The minimum Gasteiger partial charge on any atom is -0.465 e. The summed E-state index contributed by atoms with van der Waals surface area (Å²) in [6.07, 6.45) is 1.35. The molecule has 1 fully saturated rings. The Morgan fingerprint density at radius 3 is 2.74 bits per heavy atom. The number of nitrogens with zero attached hydrogens (tertiary/aromatic N) is 1. The Bertz CT molecular complexity index is 644. The number of halogens is 1. The molecule has 7 nitrogen and oxygen atoms in total. The SMILES string of the molecule is Cc1cc(S(=O)(=O)N2CCCC(C(=O)NCCN)C2)c(C)o1.Cl. The van der Waals surface area contributed by atoms with E-state index in [0.717, 1.165) is 0 Å². The highest BCUT2D eigenvalue weighted by molar-refractivity contribution is 7.89. The summed E-state index contributed by atoms with van der Waals surface area (Å²) in [5, 5.41) is 2.73. The molecule has 0 aliphatic carbocycles. The summed E-state index contributed by atoms with van der Waals surface area (Å²) >= 11 is 0. The maximum atomic E-state index is 12.7. The third-order valence-electron chi connectivity index (χ3n) is 3.81. The molecule has 1 aromatic rings. The molecule has 3 N–H and O–H groups in total. The number of hydrogen-bond acceptors (Lipinski definition) is 5. The van der Waals surface area contributed by atoms with Crippen molar-refractivity contribution in [1.29, 1.82) is 0 Å². The summed E-state index contributed by atoms with van der Waals surface area (Å²) in [5.74, 6) is 0.478. The van der Waals surface area contributed by atoms with Crippen LogP contribution in [0.15, 0.2) is 15.4 Å². The van der Waals surface area contributed by atoms with E-state index in [0.29, 0.717) is 44.0 Å². The van der Waals surface area contributed by atoms with Crippen LogP contribution in [-0.4, -0.2) is 44.8 Å². The highest BCUT2D eigenvalue weighted by Crippen LogP contribution is 2.27. The van der Waals surface area contributed by atoms with Crippen LogP contribution >= 0.6 is 12.4 Å². The molecule has 9 heteroatoms. The maximum Gasteiger partial charge on any atom is 0.246 e. The fourth-order valence-electron chi connectivity index (χ4n) is 2.72. The fraction of sp³-hybridized carbons (Fsp3) is 0.643. The molecule has 0 saturated carbocycles. The van der Waals surface area contributed by atoms with Gasteiger partial charge in [-0.1, -0.05) is 0 Å². The number of carbonyl (C=O) groups excluding carboxylic acids is 1. The summed E-state index contributed by atoms with van der Waals surface area (Å²) < 4.78 is 32.1. The van der Waals surface area contributed by atoms with Crippen molar-refractivity contribution in [3.63, 3.8) is 0 Å². The number of nitrogens with two attached hydrogens (primary N) is 1. The predicted octanol–water partition coefficient (Wildman–Crippen LogP) is 0.794. The summed E-state index contributed by atoms with van der Waals surface area (Å²) in [6.45, 7) is 4.74. The van der Waals surface area contributed by atoms with Crippen LogP contribution in [0.4, 0.5) is 0 Å². The Morgan fingerprint density at radius 2 is 2.17 bits per heavy atom. The number of sulfonamides is 1. The van der Waals surface area contributed by atoms with E-state index in [9.17, 15) is 13.2 Å². The summed E-state index contributed by atoms with van der Waals surface area (Å²) in [7, 11) is -3.62. The predicted molar refractivity (Wildman–Crippen MR) is 89.0 cm³/mol. The molecule has 1 unspecified atom stereocenters. The van der Waals surface area contributed by atoms with E-state index in [1.165, 1.54) is 10.4 Å². The average Bonchev–Trinajstić information content (AvgIpc) is 2.84. The van der Waals surface area contributed by atoms with Crippen LogP contribution in [0.2, 0.25) is 0 Å². The lowest BCUT2D eigenvalue weighted by molar-refractivity contribution is -0.126. The molecule has 0 bridgehead atoms. The van der Waals surface area contributed by atoms with E-state index in [1.54, 1.807) is 13.8 Å². The van der Waals surface area contributed by atoms with Crippen molar-refractivity contribution >= 4 is 28.3 Å². The highest BCUT2D eigenvalue weighted by Gasteiger charge is 2.34. The first kappa shape index (κ1) is 20.0. The van der Waals surface area contributed by atoms with Crippen molar-refractivity contribution in [1.82, 2.24) is 9.62 Å². The highest BCUT2D eigenvalue weighted by atomic mass is 35.5. The first-order chi connectivity index (χ1) is 10.4. The Morgan fingerprint density at radius 1 is 1.48 bits per heavy atom. The molecule has 1 aliphatic rings. The number of rotatable bonds is 5. The lowest BCUT2D eigenvalue weighted by Crippen LogP contribution is -2.46. The second kappa shape index (κ2) is 8.14. The van der Waals surface area contributed by atoms with Crippen molar-refractivity contribution in [2.45, 2.75) is 31.6 Å². The maximum absolute atomic E-state index is 12.7. The molecule has 1 amide bonds. The molecule has 1 aromatic heterocycles. The van der Waals surface area contributed by atoms with Gasteiger partial charge < -0.3 is 15.5 Å². The molecule has 1 aliphatic heterocycles. The van der Waals surface area contributed by atoms with Crippen molar-refractivity contribution in [3.05, 3.63) is 17.6 Å². The summed E-state index contributed by atoms with van der Waals surface area (Å²) in [5.41, 5.74) is 5.37. The average molecular weight is 366 g/mol. The number of piperidine rings is 1. The van der Waals surface area contributed by atoms with Crippen LogP contribution in [0.1, 0.15) is 24.4 Å². The van der Waals surface area contributed by atoms with Gasteiger partial charge in [0.05, 0.1) is 5.92 Å². The largest absolute Gasteiger partial charge is 0.465 e. The van der Waals surface area contributed by atoms with Crippen molar-refractivity contribution in [2.24, 2.45) is 11.7 Å². The standard InChI is InChI=1S/C14H23N3O4S.ClH/c1-10-8-13(11(2)21-10)22(19,20)17-7-3-4-12(9-17)14(18)16-6-5-15;/h8,12H,3-7,9,15H2,1-2H3,(H,16,18);1H. The zero-order valence-electron chi connectivity index (χ0n) is 13.4. The van der Waals surface area contributed by atoms with Crippen molar-refractivity contribution < 1.29 is 17.6 Å². The smallest absolute Gasteiger partial charge is 0.246 e. The van der Waals surface area contributed by atoms with E-state index in [4.69, 9.17) is 10.2 Å². The van der Waals surface area contributed by atoms with Gasteiger partial charge in [0.15, 0.2) is 0 Å². The van der Waals surface area contributed by atoms with Crippen LogP contribution < -0.4 is 11.1 Å². The molecule has 0 aromatic carbocycles. The van der Waals surface area contributed by atoms with Crippen molar-refractivity contribution in [3.8, 4) is 0 Å². The van der Waals surface area contributed by atoms with Gasteiger partial charge in [-0.05, 0) is 32.8 Å². The van der Waals surface area contributed by atoms with E-state index in [2.05, 4.69) is 5.32 Å². The number of nitrogens with one attached hydrogen (secondary N) is 1. The van der Waals surface area contributed by atoms with Gasteiger partial charge in [0.25, 0.3) is 0 Å². The van der Waals surface area contributed by atoms with Crippen LogP contribution in [0, 0.1) is 19.8 Å². The molecule has 0 spiro atoms. The Labute approximate surface area is 143 Å². The molecule has 1 saturated heterocycles. The second-order valence-corrected chi connectivity index (χ2v) is 7.47. The molecular weight excluding hydrogens is 342 g/mol. The van der Waals surface area contributed by atoms with Crippen LogP contribution in [0.5, 0.6) is 0 Å². The number of amides is 1. The lowest BCUT2D eigenvalue weighted by Gasteiger charge is -2.31. The van der Waals surface area contributed by atoms with E-state index in [1.807, 2.05) is 0 Å². The first-order valence-electron chi connectivity index (χ1n) is 7.41. The monoisotopic (exact) mass is 365 g/mol. The number of aryl methyl sites for hydroxylation is 2. The molecular formula is C14H24ClN3O4S. The Kier molecular flexibility index (Phi) is 7.06. The summed E-state index contributed by atoms with van der Waals surface area (Å²) in [4.78, 5) is 12.2. The van der Waals surface area contributed by atoms with Crippen LogP contribution in [0.3, 0.4) is 0 Å². The number of furan rings is 1. The number of hydrogen-bond donors (Lipinski definition) is 2.